The second-order valence-corrected chi connectivity index (χ2v) is 6.12. The Kier molecular flexibility index (Phi) is 6.00. The molecule has 0 bridgehead atoms. The first-order valence-electron chi connectivity index (χ1n) is 7.93. The summed E-state index contributed by atoms with van der Waals surface area (Å²) in [4.78, 5) is 3.84. The fourth-order valence-electron chi connectivity index (χ4n) is 2.64. The highest BCUT2D eigenvalue weighted by atomic mass is 35.5. The lowest BCUT2D eigenvalue weighted by atomic mass is 10.1. The predicted molar refractivity (Wildman–Crippen MR) is 96.7 cm³/mol. The van der Waals surface area contributed by atoms with Crippen LogP contribution in [0.5, 0.6) is 11.5 Å². The normalized spacial score (nSPS) is 11.1. The maximum absolute atomic E-state index is 14.7. The number of rotatable bonds is 6. The van der Waals surface area contributed by atoms with E-state index in [-0.39, 0.29) is 39.9 Å². The molecule has 0 saturated heterocycles. The van der Waals surface area contributed by atoms with Crippen LogP contribution in [-0.2, 0) is 0 Å². The lowest BCUT2D eigenvalue weighted by Crippen LogP contribution is -2.04. The van der Waals surface area contributed by atoms with Gasteiger partial charge in [-0.1, -0.05) is 17.7 Å². The summed E-state index contributed by atoms with van der Waals surface area (Å²) in [6, 6.07) is 7.38. The van der Waals surface area contributed by atoms with E-state index in [4.69, 9.17) is 27.9 Å². The molecule has 1 aromatic heterocycles. The molecule has 0 aliphatic heterocycles. The Morgan fingerprint density at radius 3 is 2.36 bits per heavy atom. The van der Waals surface area contributed by atoms with E-state index in [0.717, 1.165) is 16.7 Å². The molecule has 4 nitrogen and oxygen atoms in total. The van der Waals surface area contributed by atoms with Crippen LogP contribution in [0, 0.1) is 11.6 Å². The highest BCUT2D eigenvalue weighted by Crippen LogP contribution is 2.38. The van der Waals surface area contributed by atoms with Gasteiger partial charge in [0, 0.05) is 18.2 Å². The molecule has 2 aromatic carbocycles. The molecule has 0 aliphatic carbocycles. The number of benzene rings is 2. The molecule has 0 amide bonds. The zero-order valence-electron chi connectivity index (χ0n) is 14.2. The summed E-state index contributed by atoms with van der Waals surface area (Å²) in [5, 5.41) is -0.492. The largest absolute Gasteiger partial charge is 0.494 e. The minimum Gasteiger partial charge on any atom is -0.494 e. The number of nitrogens with zero attached hydrogens (tertiary/aromatic N) is 2. The SMILES string of the molecule is CCOc1cc(F)c(-c2c(Cl)nc(Cl)n2-c2cccc(OC(F)F)c2)c(F)c1. The molecule has 28 heavy (non-hydrogen) atoms. The molecule has 0 aliphatic rings. The minimum absolute atomic E-state index is 0.00173. The molecule has 0 atom stereocenters. The topological polar surface area (TPSA) is 36.3 Å². The van der Waals surface area contributed by atoms with Crippen molar-refractivity contribution in [2.24, 2.45) is 0 Å². The number of hydrogen-bond acceptors (Lipinski definition) is 3. The van der Waals surface area contributed by atoms with Crippen LogP contribution in [0.4, 0.5) is 17.6 Å². The van der Waals surface area contributed by atoms with E-state index in [1.54, 1.807) is 6.92 Å². The third kappa shape index (κ3) is 4.02. The molecule has 0 saturated carbocycles. The first kappa shape index (κ1) is 20.3. The van der Waals surface area contributed by atoms with Gasteiger partial charge in [0.05, 0.1) is 23.6 Å². The highest BCUT2D eigenvalue weighted by Gasteiger charge is 2.25. The maximum atomic E-state index is 14.7. The van der Waals surface area contributed by atoms with Gasteiger partial charge < -0.3 is 9.47 Å². The third-order valence-corrected chi connectivity index (χ3v) is 4.18. The Bertz CT molecular complexity index is 988. The smallest absolute Gasteiger partial charge is 0.387 e. The lowest BCUT2D eigenvalue weighted by Gasteiger charge is -2.14. The van der Waals surface area contributed by atoms with E-state index in [2.05, 4.69) is 9.72 Å². The maximum Gasteiger partial charge on any atom is 0.387 e. The van der Waals surface area contributed by atoms with Crippen LogP contribution in [0.1, 0.15) is 6.92 Å². The van der Waals surface area contributed by atoms with Gasteiger partial charge in [-0.05, 0) is 30.7 Å². The van der Waals surface area contributed by atoms with E-state index in [1.165, 1.54) is 24.3 Å². The summed E-state index contributed by atoms with van der Waals surface area (Å²) in [6.45, 7) is -1.15. The third-order valence-electron chi connectivity index (χ3n) is 3.66. The summed E-state index contributed by atoms with van der Waals surface area (Å²) < 4.78 is 64.9. The van der Waals surface area contributed by atoms with Gasteiger partial charge in [-0.25, -0.2) is 13.8 Å². The van der Waals surface area contributed by atoms with Gasteiger partial charge in [0.2, 0.25) is 5.28 Å². The zero-order chi connectivity index (χ0) is 20.4. The van der Waals surface area contributed by atoms with Gasteiger partial charge >= 0.3 is 6.61 Å². The van der Waals surface area contributed by atoms with Crippen molar-refractivity contribution in [2.75, 3.05) is 6.61 Å². The zero-order valence-corrected chi connectivity index (χ0v) is 15.7. The summed E-state index contributed by atoms with van der Waals surface area (Å²) in [5.74, 6) is -2.08. The molecule has 3 rings (SSSR count). The van der Waals surface area contributed by atoms with Crippen LogP contribution in [0.15, 0.2) is 36.4 Å². The molecule has 0 fully saturated rings. The second kappa shape index (κ2) is 8.28. The number of halogens is 6. The fourth-order valence-corrected chi connectivity index (χ4v) is 3.21. The lowest BCUT2D eigenvalue weighted by molar-refractivity contribution is -0.0498. The van der Waals surface area contributed by atoms with E-state index < -0.39 is 23.8 Å². The van der Waals surface area contributed by atoms with Crippen LogP contribution in [0.25, 0.3) is 16.9 Å². The van der Waals surface area contributed by atoms with E-state index in [1.807, 2.05) is 0 Å². The average molecular weight is 435 g/mol. The average Bonchev–Trinajstić information content (AvgIpc) is 2.88. The van der Waals surface area contributed by atoms with Gasteiger partial charge in [0.25, 0.3) is 0 Å². The van der Waals surface area contributed by atoms with Gasteiger partial charge in [-0.15, -0.1) is 0 Å². The monoisotopic (exact) mass is 434 g/mol. The molecular formula is C18H12Cl2F4N2O2. The first-order valence-corrected chi connectivity index (χ1v) is 8.68. The number of alkyl halides is 2. The van der Waals surface area contributed by atoms with Gasteiger partial charge in [0.15, 0.2) is 5.15 Å². The highest BCUT2D eigenvalue weighted by molar-refractivity contribution is 6.34. The van der Waals surface area contributed by atoms with Crippen LogP contribution in [0.3, 0.4) is 0 Å². The Balaban J connectivity index is 2.18. The van der Waals surface area contributed by atoms with Crippen LogP contribution < -0.4 is 9.47 Å². The summed E-state index contributed by atoms with van der Waals surface area (Å²) in [6.07, 6.45) is 0. The number of ether oxygens (including phenoxy) is 2. The summed E-state index contributed by atoms with van der Waals surface area (Å²) >= 11 is 12.2. The molecule has 10 heteroatoms. The molecular weight excluding hydrogens is 423 g/mol. The van der Waals surface area contributed by atoms with Crippen LogP contribution in [0.2, 0.25) is 10.4 Å². The quantitative estimate of drug-likeness (QED) is 0.438. The molecule has 1 heterocycles. The van der Waals surface area contributed by atoms with Crippen molar-refractivity contribution >= 4 is 23.2 Å². The van der Waals surface area contributed by atoms with Crippen molar-refractivity contribution in [3.8, 4) is 28.4 Å². The summed E-state index contributed by atoms with van der Waals surface area (Å²) in [5.41, 5.74) is -0.503. The number of aromatic nitrogens is 2. The standard InChI is InChI=1S/C18H12Cl2F4N2O2/c1-2-27-11-7-12(21)14(13(22)8-11)15-16(19)25-17(20)26(15)9-4-3-5-10(6-9)28-18(23)24/h3-8,18H,2H2,1H3. The molecule has 0 spiro atoms. The van der Waals surface area contributed by atoms with E-state index >= 15 is 0 Å². The molecule has 0 N–H and O–H groups in total. The Morgan fingerprint density at radius 2 is 1.75 bits per heavy atom. The molecule has 0 unspecified atom stereocenters. The number of imidazole rings is 1. The van der Waals surface area contributed by atoms with Gasteiger partial charge in [0.1, 0.15) is 23.1 Å². The Hall–Kier alpha value is -2.45. The van der Waals surface area contributed by atoms with Crippen molar-refractivity contribution in [2.45, 2.75) is 13.5 Å². The van der Waals surface area contributed by atoms with Crippen LogP contribution >= 0.6 is 23.2 Å². The van der Waals surface area contributed by atoms with E-state index in [0.29, 0.717) is 0 Å². The fraction of sp³-hybridized carbons (Fsp3) is 0.167. The van der Waals surface area contributed by atoms with Crippen molar-refractivity contribution in [3.05, 3.63) is 58.5 Å². The number of hydrogen-bond donors (Lipinski definition) is 0. The van der Waals surface area contributed by atoms with Gasteiger partial charge in [-0.3, -0.25) is 4.57 Å². The van der Waals surface area contributed by atoms with Crippen molar-refractivity contribution < 1.29 is 27.0 Å². The first-order chi connectivity index (χ1) is 13.3. The molecule has 0 radical (unpaired) electrons. The molecule has 3 aromatic rings. The second-order valence-electron chi connectivity index (χ2n) is 5.43. The van der Waals surface area contributed by atoms with Crippen molar-refractivity contribution in [3.63, 3.8) is 0 Å². The Morgan fingerprint density at radius 1 is 1.07 bits per heavy atom. The van der Waals surface area contributed by atoms with Crippen molar-refractivity contribution in [1.29, 1.82) is 0 Å². The van der Waals surface area contributed by atoms with Crippen molar-refractivity contribution in [1.82, 2.24) is 9.55 Å². The van der Waals surface area contributed by atoms with Crippen LogP contribution in [-0.4, -0.2) is 22.8 Å². The van der Waals surface area contributed by atoms with Gasteiger partial charge in [-0.2, -0.15) is 8.78 Å². The molecule has 148 valence electrons. The predicted octanol–water partition coefficient (Wildman–Crippen LogP) is 6.12. The Labute approximate surface area is 167 Å². The minimum atomic E-state index is -3.04. The van der Waals surface area contributed by atoms with E-state index in [9.17, 15) is 17.6 Å². The summed E-state index contributed by atoms with van der Waals surface area (Å²) in [7, 11) is 0.